The maximum Gasteiger partial charge on any atom is 0.224 e. The summed E-state index contributed by atoms with van der Waals surface area (Å²) in [5.41, 5.74) is 6.45. The first-order valence-corrected chi connectivity index (χ1v) is 6.48. The highest BCUT2D eigenvalue weighted by Crippen LogP contribution is 2.27. The zero-order valence-electron chi connectivity index (χ0n) is 11.0. The van der Waals surface area contributed by atoms with Crippen molar-refractivity contribution < 1.29 is 4.74 Å². The highest BCUT2D eigenvalue weighted by atomic mass is 16.5. The molecule has 0 aromatic carbocycles. The van der Waals surface area contributed by atoms with Gasteiger partial charge >= 0.3 is 0 Å². The number of aromatic amines is 1. The Balaban J connectivity index is 1.92. The number of piperidine rings is 1. The third-order valence-corrected chi connectivity index (χ3v) is 3.53. The molecule has 0 bridgehead atoms. The SMILES string of the molecule is COCC1CCCN(c2nc(N)nc3[nH]ncc23)C1. The van der Waals surface area contributed by atoms with Crippen molar-refractivity contribution >= 4 is 22.8 Å². The summed E-state index contributed by atoms with van der Waals surface area (Å²) >= 11 is 0. The number of nitrogens with zero attached hydrogens (tertiary/aromatic N) is 4. The van der Waals surface area contributed by atoms with Crippen molar-refractivity contribution in [3.63, 3.8) is 0 Å². The van der Waals surface area contributed by atoms with Gasteiger partial charge in [0.2, 0.25) is 5.95 Å². The fourth-order valence-corrected chi connectivity index (χ4v) is 2.71. The van der Waals surface area contributed by atoms with Crippen LogP contribution in [-0.4, -0.2) is 47.0 Å². The molecule has 1 aliphatic heterocycles. The number of nitrogen functional groups attached to an aromatic ring is 1. The number of H-pyrrole nitrogens is 1. The van der Waals surface area contributed by atoms with E-state index in [0.29, 0.717) is 11.6 Å². The molecule has 0 amide bonds. The van der Waals surface area contributed by atoms with Crippen LogP contribution in [0.2, 0.25) is 0 Å². The summed E-state index contributed by atoms with van der Waals surface area (Å²) in [7, 11) is 1.75. The quantitative estimate of drug-likeness (QED) is 0.849. The number of methoxy groups -OCH3 is 1. The molecule has 1 aliphatic rings. The van der Waals surface area contributed by atoms with E-state index >= 15 is 0 Å². The van der Waals surface area contributed by atoms with E-state index in [1.165, 1.54) is 6.42 Å². The van der Waals surface area contributed by atoms with E-state index in [1.807, 2.05) is 0 Å². The molecular formula is C12H18N6O. The molecule has 1 fully saturated rings. The van der Waals surface area contributed by atoms with Gasteiger partial charge in [0.15, 0.2) is 5.65 Å². The maximum absolute atomic E-state index is 5.76. The molecule has 7 nitrogen and oxygen atoms in total. The number of hydrogen-bond acceptors (Lipinski definition) is 6. The standard InChI is InChI=1S/C12H18N6O/c1-19-7-8-3-2-4-18(6-8)11-9-5-14-17-10(9)15-12(13)16-11/h5,8H,2-4,6-7H2,1H3,(H3,13,14,15,16,17). The van der Waals surface area contributed by atoms with Gasteiger partial charge in [0.25, 0.3) is 0 Å². The number of nitrogens with one attached hydrogen (secondary N) is 1. The minimum atomic E-state index is 0.278. The summed E-state index contributed by atoms with van der Waals surface area (Å²) in [6.07, 6.45) is 4.08. The third-order valence-electron chi connectivity index (χ3n) is 3.53. The zero-order valence-corrected chi connectivity index (χ0v) is 11.0. The Morgan fingerprint density at radius 3 is 3.26 bits per heavy atom. The molecule has 1 unspecified atom stereocenters. The van der Waals surface area contributed by atoms with Gasteiger partial charge in [-0.05, 0) is 18.8 Å². The first-order valence-electron chi connectivity index (χ1n) is 6.48. The second-order valence-corrected chi connectivity index (χ2v) is 4.95. The van der Waals surface area contributed by atoms with Crippen molar-refractivity contribution in [3.8, 4) is 0 Å². The molecule has 0 spiro atoms. The molecule has 3 heterocycles. The molecule has 7 heteroatoms. The number of nitrogens with two attached hydrogens (primary N) is 1. The molecule has 0 saturated carbocycles. The Kier molecular flexibility index (Phi) is 3.20. The third kappa shape index (κ3) is 2.33. The van der Waals surface area contributed by atoms with Crippen LogP contribution in [0.25, 0.3) is 11.0 Å². The van der Waals surface area contributed by atoms with E-state index in [-0.39, 0.29) is 5.95 Å². The normalized spacial score (nSPS) is 20.1. The largest absolute Gasteiger partial charge is 0.384 e. The molecule has 1 saturated heterocycles. The number of aromatic nitrogens is 4. The molecule has 1 atom stereocenters. The monoisotopic (exact) mass is 262 g/mol. The number of rotatable bonds is 3. The summed E-state index contributed by atoms with van der Waals surface area (Å²) in [6, 6.07) is 0. The van der Waals surface area contributed by atoms with Crippen molar-refractivity contribution in [2.45, 2.75) is 12.8 Å². The molecule has 0 radical (unpaired) electrons. The highest BCUT2D eigenvalue weighted by molar-refractivity contribution is 5.87. The van der Waals surface area contributed by atoms with Gasteiger partial charge in [-0.2, -0.15) is 15.1 Å². The van der Waals surface area contributed by atoms with Crippen LogP contribution in [0.15, 0.2) is 6.20 Å². The maximum atomic E-state index is 5.76. The second-order valence-electron chi connectivity index (χ2n) is 4.95. The average Bonchev–Trinajstić information content (AvgIpc) is 2.86. The topological polar surface area (TPSA) is 93.0 Å². The van der Waals surface area contributed by atoms with Crippen molar-refractivity contribution in [1.82, 2.24) is 20.2 Å². The lowest BCUT2D eigenvalue weighted by molar-refractivity contribution is 0.143. The van der Waals surface area contributed by atoms with Gasteiger partial charge in [-0.25, -0.2) is 0 Å². The van der Waals surface area contributed by atoms with Crippen molar-refractivity contribution in [1.29, 1.82) is 0 Å². The van der Waals surface area contributed by atoms with Gasteiger partial charge in [0, 0.05) is 20.2 Å². The molecular weight excluding hydrogens is 244 g/mol. The highest BCUT2D eigenvalue weighted by Gasteiger charge is 2.23. The lowest BCUT2D eigenvalue weighted by atomic mass is 9.99. The molecule has 2 aromatic rings. The minimum absolute atomic E-state index is 0.278. The molecule has 102 valence electrons. The Morgan fingerprint density at radius 1 is 1.53 bits per heavy atom. The fourth-order valence-electron chi connectivity index (χ4n) is 2.71. The van der Waals surface area contributed by atoms with E-state index in [9.17, 15) is 0 Å². The number of hydrogen-bond donors (Lipinski definition) is 2. The number of ether oxygens (including phenoxy) is 1. The molecule has 3 rings (SSSR count). The first kappa shape index (κ1) is 12.2. The predicted octanol–water partition coefficient (Wildman–Crippen LogP) is 0.798. The average molecular weight is 262 g/mol. The molecule has 0 aliphatic carbocycles. The molecule has 3 N–H and O–H groups in total. The van der Waals surface area contributed by atoms with Gasteiger partial charge in [0.05, 0.1) is 18.2 Å². The molecule has 19 heavy (non-hydrogen) atoms. The second kappa shape index (κ2) is 5.00. The van der Waals surface area contributed by atoms with Gasteiger partial charge in [-0.15, -0.1) is 0 Å². The van der Waals surface area contributed by atoms with Crippen LogP contribution in [0.4, 0.5) is 11.8 Å². The Morgan fingerprint density at radius 2 is 2.42 bits per heavy atom. The Labute approximate surface area is 111 Å². The van der Waals surface area contributed by atoms with Crippen LogP contribution in [0.3, 0.4) is 0 Å². The van der Waals surface area contributed by atoms with Gasteiger partial charge < -0.3 is 15.4 Å². The van der Waals surface area contributed by atoms with E-state index < -0.39 is 0 Å². The number of fused-ring (bicyclic) bond motifs is 1. The van der Waals surface area contributed by atoms with Gasteiger partial charge in [-0.1, -0.05) is 0 Å². The van der Waals surface area contributed by atoms with Crippen LogP contribution < -0.4 is 10.6 Å². The Hall–Kier alpha value is -1.89. The predicted molar refractivity (Wildman–Crippen MR) is 72.9 cm³/mol. The van der Waals surface area contributed by atoms with E-state index in [2.05, 4.69) is 25.1 Å². The van der Waals surface area contributed by atoms with Gasteiger partial charge in [0.1, 0.15) is 5.82 Å². The Bertz CT molecular complexity index is 566. The van der Waals surface area contributed by atoms with Crippen LogP contribution in [0.5, 0.6) is 0 Å². The van der Waals surface area contributed by atoms with Crippen LogP contribution in [0, 0.1) is 5.92 Å². The first-order chi connectivity index (χ1) is 9.28. The summed E-state index contributed by atoms with van der Waals surface area (Å²) in [6.45, 7) is 2.70. The van der Waals surface area contributed by atoms with Crippen LogP contribution in [0.1, 0.15) is 12.8 Å². The minimum Gasteiger partial charge on any atom is -0.384 e. The lowest BCUT2D eigenvalue weighted by Gasteiger charge is -2.33. The zero-order chi connectivity index (χ0) is 13.2. The van der Waals surface area contributed by atoms with Crippen molar-refractivity contribution in [2.24, 2.45) is 5.92 Å². The number of anilines is 2. The summed E-state index contributed by atoms with van der Waals surface area (Å²) in [5.74, 6) is 1.69. The van der Waals surface area contributed by atoms with Crippen molar-refractivity contribution in [2.75, 3.05) is 37.4 Å². The van der Waals surface area contributed by atoms with Crippen molar-refractivity contribution in [3.05, 3.63) is 6.20 Å². The van der Waals surface area contributed by atoms with E-state index in [0.717, 1.165) is 37.3 Å². The fraction of sp³-hybridized carbons (Fsp3) is 0.583. The summed E-state index contributed by atoms with van der Waals surface area (Å²) in [5, 5.41) is 7.79. The molecule has 2 aromatic heterocycles. The van der Waals surface area contributed by atoms with Gasteiger partial charge in [-0.3, -0.25) is 5.10 Å². The summed E-state index contributed by atoms with van der Waals surface area (Å²) in [4.78, 5) is 10.8. The van der Waals surface area contributed by atoms with E-state index in [1.54, 1.807) is 13.3 Å². The van der Waals surface area contributed by atoms with Crippen LogP contribution >= 0.6 is 0 Å². The van der Waals surface area contributed by atoms with Crippen LogP contribution in [-0.2, 0) is 4.74 Å². The van der Waals surface area contributed by atoms with E-state index in [4.69, 9.17) is 10.5 Å². The smallest absolute Gasteiger partial charge is 0.224 e. The summed E-state index contributed by atoms with van der Waals surface area (Å²) < 4.78 is 5.26. The lowest BCUT2D eigenvalue weighted by Crippen LogP contribution is -2.37.